The SMILES string of the molecule is Nc1nc2c(c(N3CCC4(CCCN4)C3)n1)CCC(c1ccccc1)C2. The van der Waals surface area contributed by atoms with Gasteiger partial charge in [0.15, 0.2) is 0 Å². The molecule has 1 aromatic heterocycles. The van der Waals surface area contributed by atoms with Crippen LogP contribution in [0.3, 0.4) is 0 Å². The van der Waals surface area contributed by atoms with E-state index in [1.165, 1.54) is 30.4 Å². The summed E-state index contributed by atoms with van der Waals surface area (Å²) in [4.78, 5) is 11.8. The Morgan fingerprint density at radius 2 is 2.04 bits per heavy atom. The molecule has 1 spiro atoms. The highest BCUT2D eigenvalue weighted by molar-refractivity contribution is 5.55. The Labute approximate surface area is 155 Å². The fourth-order valence-corrected chi connectivity index (χ4v) is 5.16. The Hall–Kier alpha value is -2.14. The van der Waals surface area contributed by atoms with E-state index in [1.807, 2.05) is 0 Å². The van der Waals surface area contributed by atoms with Gasteiger partial charge in [0.25, 0.3) is 0 Å². The van der Waals surface area contributed by atoms with E-state index in [0.29, 0.717) is 17.4 Å². The highest BCUT2D eigenvalue weighted by Gasteiger charge is 2.41. The summed E-state index contributed by atoms with van der Waals surface area (Å²) in [5.74, 6) is 2.06. The average Bonchev–Trinajstić information content (AvgIpc) is 3.31. The van der Waals surface area contributed by atoms with Crippen LogP contribution in [-0.4, -0.2) is 35.1 Å². The van der Waals surface area contributed by atoms with Gasteiger partial charge in [-0.3, -0.25) is 0 Å². The molecule has 0 saturated carbocycles. The summed E-state index contributed by atoms with van der Waals surface area (Å²) in [6.45, 7) is 3.27. The smallest absolute Gasteiger partial charge is 0.222 e. The predicted octanol–water partition coefficient (Wildman–Crippen LogP) is 2.66. The average molecular weight is 349 g/mol. The van der Waals surface area contributed by atoms with Crippen LogP contribution < -0.4 is 16.0 Å². The fraction of sp³-hybridized carbons (Fsp3) is 0.524. The van der Waals surface area contributed by atoms with Gasteiger partial charge < -0.3 is 16.0 Å². The molecule has 0 amide bonds. The van der Waals surface area contributed by atoms with E-state index in [-0.39, 0.29) is 0 Å². The van der Waals surface area contributed by atoms with Gasteiger partial charge in [0.1, 0.15) is 5.82 Å². The van der Waals surface area contributed by atoms with Crippen molar-refractivity contribution in [1.82, 2.24) is 15.3 Å². The molecule has 5 heteroatoms. The summed E-state index contributed by atoms with van der Waals surface area (Å²) in [6, 6.07) is 10.8. The monoisotopic (exact) mass is 349 g/mol. The molecule has 136 valence electrons. The minimum Gasteiger partial charge on any atom is -0.368 e. The third-order valence-corrected chi connectivity index (χ3v) is 6.53. The van der Waals surface area contributed by atoms with Crippen molar-refractivity contribution < 1.29 is 0 Å². The molecule has 2 atom stereocenters. The minimum absolute atomic E-state index is 0.299. The molecule has 2 saturated heterocycles. The first-order valence-electron chi connectivity index (χ1n) is 9.93. The minimum atomic E-state index is 0.299. The van der Waals surface area contributed by atoms with Crippen molar-refractivity contribution in [2.24, 2.45) is 0 Å². The van der Waals surface area contributed by atoms with Crippen LogP contribution in [0.15, 0.2) is 30.3 Å². The standard InChI is InChI=1S/C21H27N5/c22-20-24-18-13-16(15-5-2-1-3-6-15)7-8-17(18)19(25-20)26-12-10-21(14-26)9-4-11-23-21/h1-3,5-6,16,23H,4,7-14H2,(H2,22,24,25). The zero-order valence-electron chi connectivity index (χ0n) is 15.2. The molecule has 3 aliphatic rings. The number of anilines is 2. The fourth-order valence-electron chi connectivity index (χ4n) is 5.16. The molecule has 0 radical (unpaired) electrons. The second-order valence-electron chi connectivity index (χ2n) is 8.16. The molecule has 0 bridgehead atoms. The molecule has 5 nitrogen and oxygen atoms in total. The number of fused-ring (bicyclic) bond motifs is 1. The maximum Gasteiger partial charge on any atom is 0.222 e. The lowest BCUT2D eigenvalue weighted by Crippen LogP contribution is -2.42. The molecule has 2 aliphatic heterocycles. The van der Waals surface area contributed by atoms with Gasteiger partial charge in [0, 0.05) is 24.2 Å². The second-order valence-corrected chi connectivity index (χ2v) is 8.16. The van der Waals surface area contributed by atoms with Gasteiger partial charge in [-0.25, -0.2) is 4.98 Å². The van der Waals surface area contributed by atoms with E-state index in [1.54, 1.807) is 0 Å². The van der Waals surface area contributed by atoms with Crippen molar-refractivity contribution in [2.45, 2.75) is 50.0 Å². The molecular formula is C21H27N5. The van der Waals surface area contributed by atoms with E-state index in [4.69, 9.17) is 5.73 Å². The number of nitrogen functional groups attached to an aromatic ring is 1. The number of benzene rings is 1. The molecule has 3 heterocycles. The quantitative estimate of drug-likeness (QED) is 0.872. The highest BCUT2D eigenvalue weighted by Crippen LogP contribution is 2.39. The van der Waals surface area contributed by atoms with Crippen molar-refractivity contribution in [3.63, 3.8) is 0 Å². The topological polar surface area (TPSA) is 67.1 Å². The maximum absolute atomic E-state index is 6.11. The number of nitrogens with one attached hydrogen (secondary N) is 1. The number of nitrogens with two attached hydrogens (primary N) is 1. The van der Waals surface area contributed by atoms with Crippen molar-refractivity contribution in [1.29, 1.82) is 0 Å². The van der Waals surface area contributed by atoms with E-state index < -0.39 is 0 Å². The predicted molar refractivity (Wildman–Crippen MR) is 104 cm³/mol. The third kappa shape index (κ3) is 2.75. The van der Waals surface area contributed by atoms with Gasteiger partial charge in [0.05, 0.1) is 5.69 Å². The molecule has 26 heavy (non-hydrogen) atoms. The van der Waals surface area contributed by atoms with Gasteiger partial charge in [-0.15, -0.1) is 0 Å². The van der Waals surface area contributed by atoms with Gasteiger partial charge in [-0.2, -0.15) is 4.98 Å². The van der Waals surface area contributed by atoms with Gasteiger partial charge in [0.2, 0.25) is 5.95 Å². The van der Waals surface area contributed by atoms with E-state index >= 15 is 0 Å². The normalized spacial score (nSPS) is 27.8. The summed E-state index contributed by atoms with van der Waals surface area (Å²) in [5, 5.41) is 3.74. The highest BCUT2D eigenvalue weighted by atomic mass is 15.3. The first kappa shape index (κ1) is 16.1. The van der Waals surface area contributed by atoms with Crippen LogP contribution in [0.25, 0.3) is 0 Å². The first-order chi connectivity index (χ1) is 12.7. The summed E-state index contributed by atoms with van der Waals surface area (Å²) in [6.07, 6.45) is 6.95. The Morgan fingerprint density at radius 3 is 2.85 bits per heavy atom. The largest absolute Gasteiger partial charge is 0.368 e. The Bertz CT molecular complexity index is 798. The zero-order chi connectivity index (χ0) is 17.6. The third-order valence-electron chi connectivity index (χ3n) is 6.53. The molecule has 1 aliphatic carbocycles. The lowest BCUT2D eigenvalue weighted by molar-refractivity contribution is 0.418. The molecule has 1 aromatic carbocycles. The lowest BCUT2D eigenvalue weighted by Gasteiger charge is -2.30. The van der Waals surface area contributed by atoms with Crippen LogP contribution in [0.2, 0.25) is 0 Å². The van der Waals surface area contributed by atoms with Crippen molar-refractivity contribution >= 4 is 11.8 Å². The molecule has 2 unspecified atom stereocenters. The van der Waals surface area contributed by atoms with Gasteiger partial charge in [-0.05, 0) is 56.6 Å². The maximum atomic E-state index is 6.11. The van der Waals surface area contributed by atoms with Crippen molar-refractivity contribution in [3.8, 4) is 0 Å². The van der Waals surface area contributed by atoms with E-state index in [9.17, 15) is 0 Å². The number of hydrogen-bond donors (Lipinski definition) is 2. The van der Waals surface area contributed by atoms with Crippen LogP contribution in [-0.2, 0) is 12.8 Å². The summed E-state index contributed by atoms with van der Waals surface area (Å²) < 4.78 is 0. The molecular weight excluding hydrogens is 322 g/mol. The van der Waals surface area contributed by atoms with Gasteiger partial charge >= 0.3 is 0 Å². The van der Waals surface area contributed by atoms with Crippen LogP contribution >= 0.6 is 0 Å². The Morgan fingerprint density at radius 1 is 1.15 bits per heavy atom. The first-order valence-corrected chi connectivity index (χ1v) is 9.93. The molecule has 2 aromatic rings. The van der Waals surface area contributed by atoms with E-state index in [0.717, 1.165) is 50.4 Å². The summed E-state index contributed by atoms with van der Waals surface area (Å²) in [7, 11) is 0. The Kier molecular flexibility index (Phi) is 3.85. The number of nitrogens with zero attached hydrogens (tertiary/aromatic N) is 3. The van der Waals surface area contributed by atoms with Crippen molar-refractivity contribution in [2.75, 3.05) is 30.3 Å². The second kappa shape index (κ2) is 6.23. The summed E-state index contributed by atoms with van der Waals surface area (Å²) in [5.41, 5.74) is 10.3. The number of hydrogen-bond acceptors (Lipinski definition) is 5. The van der Waals surface area contributed by atoms with Crippen LogP contribution in [0, 0.1) is 0 Å². The van der Waals surface area contributed by atoms with Crippen molar-refractivity contribution in [3.05, 3.63) is 47.2 Å². The molecule has 3 N–H and O–H groups in total. The van der Waals surface area contributed by atoms with Crippen LogP contribution in [0.5, 0.6) is 0 Å². The number of aromatic nitrogens is 2. The Balaban J connectivity index is 1.44. The van der Waals surface area contributed by atoms with Crippen LogP contribution in [0.4, 0.5) is 11.8 Å². The molecule has 5 rings (SSSR count). The summed E-state index contributed by atoms with van der Waals surface area (Å²) >= 11 is 0. The lowest BCUT2D eigenvalue weighted by atomic mass is 9.82. The van der Waals surface area contributed by atoms with Crippen LogP contribution in [0.1, 0.15) is 48.4 Å². The van der Waals surface area contributed by atoms with E-state index in [2.05, 4.69) is 50.5 Å². The zero-order valence-corrected chi connectivity index (χ0v) is 15.2. The number of rotatable bonds is 2. The van der Waals surface area contributed by atoms with Gasteiger partial charge in [-0.1, -0.05) is 30.3 Å². The molecule has 2 fully saturated rings.